The number of benzene rings is 4. The normalized spacial score (nSPS) is 12.5. The average Bonchev–Trinajstić information content (AvgIpc) is 3.61. The minimum atomic E-state index is -4.08. The number of carboxylic acids is 1. The highest BCUT2D eigenvalue weighted by molar-refractivity contribution is 9.10. The van der Waals surface area contributed by atoms with Gasteiger partial charge in [-0.1, -0.05) is 54.1 Å². The third-order valence-electron chi connectivity index (χ3n) is 9.49. The van der Waals surface area contributed by atoms with Crippen molar-refractivity contribution in [1.29, 1.82) is 0 Å². The van der Waals surface area contributed by atoms with Gasteiger partial charge in [0.05, 0.1) is 50.7 Å². The number of aromatic nitrogens is 4. The molecule has 314 valence electrons. The van der Waals surface area contributed by atoms with Gasteiger partial charge in [-0.3, -0.25) is 4.18 Å². The molecule has 0 fully saturated rings. The summed E-state index contributed by atoms with van der Waals surface area (Å²) >= 11 is 4.93. The lowest BCUT2D eigenvalue weighted by Crippen LogP contribution is -2.30. The molecule has 0 aliphatic carbocycles. The summed E-state index contributed by atoms with van der Waals surface area (Å²) < 4.78 is 62.8. The molecule has 0 saturated heterocycles. The number of para-hydroxylation sites is 1. The average molecular weight is 930 g/mol. The van der Waals surface area contributed by atoms with Crippen molar-refractivity contribution >= 4 is 53.6 Å². The molecule has 7 rings (SSSR count). The highest BCUT2D eigenvalue weighted by Crippen LogP contribution is 2.44. The number of ether oxygens (including phenoxy) is 3. The van der Waals surface area contributed by atoms with Crippen LogP contribution in [0.2, 0.25) is 0 Å². The molecule has 2 atom stereocenters. The van der Waals surface area contributed by atoms with Crippen molar-refractivity contribution in [1.82, 2.24) is 19.9 Å². The van der Waals surface area contributed by atoms with Crippen LogP contribution in [0.1, 0.15) is 28.8 Å². The molecule has 0 bridgehead atoms. The number of thiophene rings is 1. The van der Waals surface area contributed by atoms with Gasteiger partial charge in [-0.25, -0.2) is 29.1 Å². The molecular weight excluding hydrogens is 892 g/mol. The van der Waals surface area contributed by atoms with Gasteiger partial charge in [0.15, 0.2) is 5.82 Å². The number of hydrogen-bond acceptors (Lipinski definition) is 13. The largest absolute Gasteiger partial charge is 0.496 e. The number of hydrogen-bond donors (Lipinski definition) is 2. The summed E-state index contributed by atoms with van der Waals surface area (Å²) in [5.74, 6) is -0.238. The Balaban J connectivity index is 1.13. The third-order valence-corrected chi connectivity index (χ3v) is 13.0. The number of halogens is 2. The molecule has 17 heteroatoms. The molecule has 2 N–H and O–H groups in total. The van der Waals surface area contributed by atoms with Gasteiger partial charge < -0.3 is 24.4 Å². The van der Waals surface area contributed by atoms with E-state index in [0.717, 1.165) is 16.0 Å². The van der Waals surface area contributed by atoms with E-state index in [4.69, 9.17) is 18.4 Å². The van der Waals surface area contributed by atoms with Crippen LogP contribution < -0.4 is 14.2 Å². The van der Waals surface area contributed by atoms with Crippen LogP contribution in [-0.4, -0.2) is 70.5 Å². The van der Waals surface area contributed by atoms with E-state index >= 15 is 0 Å². The predicted molar refractivity (Wildman–Crippen MR) is 230 cm³/mol. The zero-order valence-electron chi connectivity index (χ0n) is 32.7. The second-order valence-electron chi connectivity index (χ2n) is 13.8. The maximum Gasteiger partial charge on any atom is 0.345 e. The molecule has 0 amide bonds. The van der Waals surface area contributed by atoms with E-state index in [1.54, 1.807) is 61.8 Å². The van der Waals surface area contributed by atoms with Crippen LogP contribution in [0.4, 0.5) is 4.39 Å². The number of nitrogens with zero attached hydrogens (tertiary/aromatic N) is 4. The first-order valence-corrected chi connectivity index (χ1v) is 21.8. The van der Waals surface area contributed by atoms with Gasteiger partial charge >= 0.3 is 5.97 Å². The van der Waals surface area contributed by atoms with E-state index in [2.05, 4.69) is 35.9 Å². The third kappa shape index (κ3) is 10.5. The number of carbonyl (C=O) groups is 1. The Hall–Kier alpha value is -5.85. The van der Waals surface area contributed by atoms with Crippen LogP contribution in [0.15, 0.2) is 119 Å². The molecule has 0 aliphatic rings. The van der Waals surface area contributed by atoms with Gasteiger partial charge in [-0.05, 0) is 101 Å². The Labute approximate surface area is 363 Å². The van der Waals surface area contributed by atoms with Gasteiger partial charge in [0.2, 0.25) is 12.0 Å². The monoisotopic (exact) mass is 928 g/mol. The minimum absolute atomic E-state index is 0.00165. The fourth-order valence-electron chi connectivity index (χ4n) is 6.30. The highest BCUT2D eigenvalue weighted by atomic mass is 79.9. The molecule has 3 aromatic heterocycles. The Morgan fingerprint density at radius 2 is 1.72 bits per heavy atom. The van der Waals surface area contributed by atoms with Gasteiger partial charge in [-0.2, -0.15) is 8.42 Å². The zero-order chi connectivity index (χ0) is 43.1. The Morgan fingerprint density at radius 1 is 0.951 bits per heavy atom. The first-order valence-electron chi connectivity index (χ1n) is 18.8. The van der Waals surface area contributed by atoms with Crippen molar-refractivity contribution in [3.63, 3.8) is 0 Å². The number of methoxy groups -OCH3 is 1. The maximum absolute atomic E-state index is 13.7. The van der Waals surface area contributed by atoms with Crippen molar-refractivity contribution in [2.75, 3.05) is 13.7 Å². The molecule has 61 heavy (non-hydrogen) atoms. The lowest BCUT2D eigenvalue weighted by Gasteiger charge is -2.19. The molecule has 0 saturated carbocycles. The Bertz CT molecular complexity index is 2770. The maximum atomic E-state index is 13.7. The first-order chi connectivity index (χ1) is 29.4. The van der Waals surface area contributed by atoms with E-state index < -0.39 is 34.9 Å². The minimum Gasteiger partial charge on any atom is -0.496 e. The highest BCUT2D eigenvalue weighted by Gasteiger charge is 2.27. The van der Waals surface area contributed by atoms with E-state index in [1.807, 2.05) is 31.2 Å². The first kappa shape index (κ1) is 43.2. The molecular formula is C44H38BrFN4O9S2. The van der Waals surface area contributed by atoms with Gasteiger partial charge in [0.1, 0.15) is 35.1 Å². The second kappa shape index (κ2) is 19.2. The summed E-state index contributed by atoms with van der Waals surface area (Å²) in [7, 11) is -2.52. The molecule has 0 aliphatic heterocycles. The number of aliphatic hydroxyl groups is 1. The molecule has 4 aromatic carbocycles. The molecule has 13 nitrogen and oxygen atoms in total. The van der Waals surface area contributed by atoms with Crippen LogP contribution >= 0.6 is 27.3 Å². The molecule has 7 aromatic rings. The summed E-state index contributed by atoms with van der Waals surface area (Å²) in [5.41, 5.74) is 4.03. The lowest BCUT2D eigenvalue weighted by atomic mass is 10.00. The van der Waals surface area contributed by atoms with E-state index in [1.165, 1.54) is 41.9 Å². The van der Waals surface area contributed by atoms with E-state index in [-0.39, 0.29) is 42.5 Å². The fourth-order valence-corrected chi connectivity index (χ4v) is 9.23. The number of aryl methyl sites for hydroxylation is 2. The summed E-state index contributed by atoms with van der Waals surface area (Å²) in [4.78, 5) is 31.9. The second-order valence-corrected chi connectivity index (χ2v) is 17.2. The summed E-state index contributed by atoms with van der Waals surface area (Å²) in [6, 6.07) is 26.5. The van der Waals surface area contributed by atoms with Crippen LogP contribution in [0, 0.1) is 12.7 Å². The van der Waals surface area contributed by atoms with Crippen molar-refractivity contribution in [3.8, 4) is 39.2 Å². The quantitative estimate of drug-likeness (QED) is 0.0785. The van der Waals surface area contributed by atoms with Crippen molar-refractivity contribution < 1.29 is 46.2 Å². The molecule has 0 radical (unpaired) electrons. The van der Waals surface area contributed by atoms with Crippen molar-refractivity contribution in [3.05, 3.63) is 142 Å². The number of aliphatic hydroxyl groups excluding tert-OH is 1. The Morgan fingerprint density at radius 3 is 2.48 bits per heavy atom. The zero-order valence-corrected chi connectivity index (χ0v) is 35.9. The number of fused-ring (bicyclic) bond motifs is 1. The number of aliphatic carboxylic acids is 1. The van der Waals surface area contributed by atoms with Crippen LogP contribution in [-0.2, 0) is 38.5 Å². The lowest BCUT2D eigenvalue weighted by molar-refractivity contribution is -0.145. The van der Waals surface area contributed by atoms with Crippen molar-refractivity contribution in [2.24, 2.45) is 0 Å². The van der Waals surface area contributed by atoms with Crippen LogP contribution in [0.5, 0.6) is 17.4 Å². The topological polar surface area (TPSA) is 180 Å². The fraction of sp³-hybridized carbons (Fsp3) is 0.205. The standard InChI is InChI=1S/C44H38BrFN4O9S2/c1-26-7-16-33(17-8-26)61(54,55)58-24-32(51)15-9-27-10-18-35(57-23-31-19-20-47-41(50-31)34-5-3-4-6-36(34)56-2)29(21-27)22-37(44(52)53)59-42-38-39(45)40(60-43(38)49-25-48-42)28-11-13-30(46)14-12-28/h3-8,10-14,16-21,25,32,37,51H,9,15,22-24H2,1-2H3,(H,52,53)/t32-,37?/m0/s1. The van der Waals surface area contributed by atoms with E-state index in [0.29, 0.717) is 54.4 Å². The van der Waals surface area contributed by atoms with E-state index in [9.17, 15) is 27.8 Å². The van der Waals surface area contributed by atoms with Crippen LogP contribution in [0.3, 0.4) is 0 Å². The predicted octanol–water partition coefficient (Wildman–Crippen LogP) is 8.39. The van der Waals surface area contributed by atoms with Gasteiger partial charge in [0.25, 0.3) is 10.1 Å². The number of carboxylic acid groups (broad SMARTS) is 1. The van der Waals surface area contributed by atoms with Crippen LogP contribution in [0.25, 0.3) is 32.0 Å². The van der Waals surface area contributed by atoms with Gasteiger partial charge in [-0.15, -0.1) is 11.3 Å². The smallest absolute Gasteiger partial charge is 0.345 e. The number of rotatable bonds is 18. The molecule has 0 spiro atoms. The summed E-state index contributed by atoms with van der Waals surface area (Å²) in [6.07, 6.45) is 0.552. The molecule has 3 heterocycles. The summed E-state index contributed by atoms with van der Waals surface area (Å²) in [6.45, 7) is 1.38. The molecule has 1 unspecified atom stereocenters. The SMILES string of the molecule is COc1ccccc1-c1nccc(COc2ccc(CC[C@H](O)COS(=O)(=O)c3ccc(C)cc3)cc2CC(Oc2ncnc3sc(-c4ccc(F)cc4)c(Br)c23)C(=O)O)n1. The Kier molecular flexibility index (Phi) is 13.6. The summed E-state index contributed by atoms with van der Waals surface area (Å²) in [5, 5.41) is 21.7. The van der Waals surface area contributed by atoms with Gasteiger partial charge in [0, 0.05) is 12.6 Å². The van der Waals surface area contributed by atoms with Crippen molar-refractivity contribution in [2.45, 2.75) is 49.9 Å².